The van der Waals surface area contributed by atoms with Crippen molar-refractivity contribution >= 4 is 29.1 Å². The van der Waals surface area contributed by atoms with Crippen LogP contribution in [0.2, 0.25) is 0 Å². The highest BCUT2D eigenvalue weighted by Gasteiger charge is 2.21. The van der Waals surface area contributed by atoms with Gasteiger partial charge in [0.2, 0.25) is 0 Å². The van der Waals surface area contributed by atoms with Crippen molar-refractivity contribution in [3.63, 3.8) is 0 Å². The van der Waals surface area contributed by atoms with Gasteiger partial charge in [-0.15, -0.1) is 0 Å². The van der Waals surface area contributed by atoms with E-state index in [0.29, 0.717) is 13.1 Å². The van der Waals surface area contributed by atoms with Gasteiger partial charge in [-0.3, -0.25) is 0 Å². The average molecular weight is 410 g/mol. The van der Waals surface area contributed by atoms with E-state index in [1.807, 2.05) is 60.4 Å². The number of unbranched alkanes of at least 4 members (excludes halogenated alkanes) is 1. The lowest BCUT2D eigenvalue weighted by Crippen LogP contribution is -2.52. The van der Waals surface area contributed by atoms with Crippen molar-refractivity contribution in [1.29, 1.82) is 0 Å². The fraction of sp³-hybridized carbons (Fsp3) is 0.391. The Morgan fingerprint density at radius 3 is 2.30 bits per heavy atom. The molecule has 160 valence electrons. The smallest absolute Gasteiger partial charge is 0.323 e. The van der Waals surface area contributed by atoms with Gasteiger partial charge in [0.1, 0.15) is 0 Å². The molecule has 0 saturated carbocycles. The Bertz CT molecular complexity index is 845. The molecule has 7 heteroatoms. The lowest BCUT2D eigenvalue weighted by molar-refractivity contribution is 0.194. The van der Waals surface area contributed by atoms with Crippen LogP contribution in [0.3, 0.4) is 0 Å². The highest BCUT2D eigenvalue weighted by molar-refractivity contribution is 6.00. The molecule has 4 amide bonds. The molecule has 0 bridgehead atoms. The largest absolute Gasteiger partial charge is 0.368 e. The first-order valence-electron chi connectivity index (χ1n) is 10.6. The maximum absolute atomic E-state index is 12.2. The summed E-state index contributed by atoms with van der Waals surface area (Å²) in [6.45, 7) is 7.81. The number of carbonyl (C=O) groups excluding carboxylic acids is 2. The Morgan fingerprint density at radius 2 is 1.63 bits per heavy atom. The molecule has 0 aromatic heterocycles. The van der Waals surface area contributed by atoms with Crippen molar-refractivity contribution in [1.82, 2.24) is 10.2 Å². The molecule has 1 aliphatic rings. The van der Waals surface area contributed by atoms with Gasteiger partial charge in [0.25, 0.3) is 0 Å². The molecule has 0 unspecified atom stereocenters. The Hall–Kier alpha value is -3.22. The van der Waals surface area contributed by atoms with E-state index in [0.717, 1.165) is 55.1 Å². The molecular formula is C23H31N5O2. The van der Waals surface area contributed by atoms with E-state index < -0.39 is 0 Å². The van der Waals surface area contributed by atoms with Crippen LogP contribution < -0.4 is 20.9 Å². The fourth-order valence-electron chi connectivity index (χ4n) is 3.41. The Morgan fingerprint density at radius 1 is 0.933 bits per heavy atom. The SMILES string of the molecule is CCCCNC(=O)N1CCN(c2ccc(NC(=O)Nc3ccccc3C)cc2)CC1. The molecule has 1 fully saturated rings. The third kappa shape index (κ3) is 5.89. The molecule has 7 nitrogen and oxygen atoms in total. The Labute approximate surface area is 178 Å². The molecular weight excluding hydrogens is 378 g/mol. The van der Waals surface area contributed by atoms with Crippen LogP contribution in [-0.2, 0) is 0 Å². The third-order valence-electron chi connectivity index (χ3n) is 5.26. The minimum atomic E-state index is -0.264. The van der Waals surface area contributed by atoms with Crippen LogP contribution >= 0.6 is 0 Å². The second-order valence-corrected chi connectivity index (χ2v) is 7.50. The number of para-hydroxylation sites is 1. The number of amides is 4. The van der Waals surface area contributed by atoms with Gasteiger partial charge >= 0.3 is 12.1 Å². The summed E-state index contributed by atoms with van der Waals surface area (Å²) in [6.07, 6.45) is 2.08. The number of nitrogens with zero attached hydrogens (tertiary/aromatic N) is 2. The van der Waals surface area contributed by atoms with Gasteiger partial charge in [0.15, 0.2) is 0 Å². The van der Waals surface area contributed by atoms with Gasteiger partial charge < -0.3 is 25.8 Å². The highest BCUT2D eigenvalue weighted by Crippen LogP contribution is 2.20. The summed E-state index contributed by atoms with van der Waals surface area (Å²) in [4.78, 5) is 28.5. The summed E-state index contributed by atoms with van der Waals surface area (Å²) in [6, 6.07) is 15.2. The van der Waals surface area contributed by atoms with Crippen LogP contribution in [0.1, 0.15) is 25.3 Å². The van der Waals surface area contributed by atoms with Gasteiger partial charge in [-0.1, -0.05) is 31.5 Å². The molecule has 3 N–H and O–H groups in total. The van der Waals surface area contributed by atoms with E-state index in [9.17, 15) is 9.59 Å². The first-order valence-corrected chi connectivity index (χ1v) is 10.6. The van der Waals surface area contributed by atoms with Crippen molar-refractivity contribution < 1.29 is 9.59 Å². The summed E-state index contributed by atoms with van der Waals surface area (Å²) < 4.78 is 0. The third-order valence-corrected chi connectivity index (χ3v) is 5.26. The van der Waals surface area contributed by atoms with Crippen LogP contribution in [-0.4, -0.2) is 49.7 Å². The number of aryl methyl sites for hydroxylation is 1. The Balaban J connectivity index is 1.47. The van der Waals surface area contributed by atoms with Gasteiger partial charge in [-0.2, -0.15) is 0 Å². The lowest BCUT2D eigenvalue weighted by atomic mass is 10.2. The number of urea groups is 2. The van der Waals surface area contributed by atoms with E-state index >= 15 is 0 Å². The van der Waals surface area contributed by atoms with Crippen LogP contribution in [0.25, 0.3) is 0 Å². The molecule has 3 rings (SSSR count). The van der Waals surface area contributed by atoms with E-state index in [2.05, 4.69) is 27.8 Å². The van der Waals surface area contributed by atoms with Crippen molar-refractivity contribution in [2.45, 2.75) is 26.7 Å². The van der Waals surface area contributed by atoms with Crippen LogP contribution in [0.15, 0.2) is 48.5 Å². The molecule has 1 aliphatic heterocycles. The second kappa shape index (κ2) is 10.5. The highest BCUT2D eigenvalue weighted by atomic mass is 16.2. The van der Waals surface area contributed by atoms with Gasteiger partial charge in [-0.25, -0.2) is 9.59 Å². The molecule has 1 saturated heterocycles. The molecule has 0 spiro atoms. The maximum Gasteiger partial charge on any atom is 0.323 e. The predicted octanol–water partition coefficient (Wildman–Crippen LogP) is 4.27. The number of hydrogen-bond donors (Lipinski definition) is 3. The fourth-order valence-corrected chi connectivity index (χ4v) is 3.41. The van der Waals surface area contributed by atoms with Crippen molar-refractivity contribution in [2.24, 2.45) is 0 Å². The van der Waals surface area contributed by atoms with Crippen LogP contribution in [0.5, 0.6) is 0 Å². The second-order valence-electron chi connectivity index (χ2n) is 7.50. The van der Waals surface area contributed by atoms with Gasteiger partial charge in [0, 0.05) is 49.8 Å². The Kier molecular flexibility index (Phi) is 7.54. The maximum atomic E-state index is 12.2. The van der Waals surface area contributed by atoms with Crippen LogP contribution in [0.4, 0.5) is 26.7 Å². The zero-order chi connectivity index (χ0) is 21.3. The van der Waals surface area contributed by atoms with Crippen molar-refractivity contribution in [3.05, 3.63) is 54.1 Å². The number of anilines is 3. The van der Waals surface area contributed by atoms with Gasteiger partial charge in [0.05, 0.1) is 0 Å². The first kappa shape index (κ1) is 21.5. The van der Waals surface area contributed by atoms with Crippen molar-refractivity contribution in [2.75, 3.05) is 48.3 Å². The minimum Gasteiger partial charge on any atom is -0.368 e. The molecule has 0 aliphatic carbocycles. The molecule has 0 radical (unpaired) electrons. The first-order chi connectivity index (χ1) is 14.6. The summed E-state index contributed by atoms with van der Waals surface area (Å²) >= 11 is 0. The van der Waals surface area contributed by atoms with Gasteiger partial charge in [-0.05, 0) is 49.2 Å². The lowest BCUT2D eigenvalue weighted by Gasteiger charge is -2.36. The zero-order valence-corrected chi connectivity index (χ0v) is 17.8. The molecule has 2 aromatic carbocycles. The number of carbonyl (C=O) groups is 2. The summed E-state index contributed by atoms with van der Waals surface area (Å²) in [5.41, 5.74) is 3.63. The van der Waals surface area contributed by atoms with Crippen molar-refractivity contribution in [3.8, 4) is 0 Å². The monoisotopic (exact) mass is 409 g/mol. The van der Waals surface area contributed by atoms with E-state index in [1.54, 1.807) is 0 Å². The number of hydrogen-bond acceptors (Lipinski definition) is 3. The van der Waals surface area contributed by atoms with E-state index in [1.165, 1.54) is 0 Å². The summed E-state index contributed by atoms with van der Waals surface area (Å²) in [7, 11) is 0. The van der Waals surface area contributed by atoms with Crippen LogP contribution in [0, 0.1) is 6.92 Å². The summed E-state index contributed by atoms with van der Waals surface area (Å²) in [5, 5.41) is 8.71. The standard InChI is InChI=1S/C23H31N5O2/c1-3-4-13-24-23(30)28-16-14-27(15-17-28)20-11-9-19(10-12-20)25-22(29)26-21-8-6-5-7-18(21)2/h5-12H,3-4,13-17H2,1-2H3,(H,24,30)(H2,25,26,29). The van der Waals surface area contributed by atoms with E-state index in [-0.39, 0.29) is 12.1 Å². The molecule has 1 heterocycles. The number of piperazine rings is 1. The topological polar surface area (TPSA) is 76.7 Å². The predicted molar refractivity (Wildman–Crippen MR) is 122 cm³/mol. The van der Waals surface area contributed by atoms with E-state index in [4.69, 9.17) is 0 Å². The normalized spacial score (nSPS) is 13.7. The number of nitrogens with one attached hydrogen (secondary N) is 3. The molecule has 2 aromatic rings. The number of rotatable bonds is 6. The molecule has 0 atom stereocenters. The number of benzene rings is 2. The summed E-state index contributed by atoms with van der Waals surface area (Å²) in [5.74, 6) is 0. The molecule has 30 heavy (non-hydrogen) atoms. The minimum absolute atomic E-state index is 0.0299. The quantitative estimate of drug-likeness (QED) is 0.624. The average Bonchev–Trinajstić information content (AvgIpc) is 2.76. The zero-order valence-electron chi connectivity index (χ0n) is 17.8.